The van der Waals surface area contributed by atoms with Crippen molar-refractivity contribution in [3.8, 4) is 0 Å². The third-order valence-corrected chi connectivity index (χ3v) is 4.61. The van der Waals surface area contributed by atoms with Gasteiger partial charge in [-0.05, 0) is 42.3 Å². The molecule has 2 N–H and O–H groups in total. The van der Waals surface area contributed by atoms with E-state index in [-0.39, 0.29) is 29.6 Å². The highest BCUT2D eigenvalue weighted by atomic mass is 32.2. The quantitative estimate of drug-likeness (QED) is 0.850. The summed E-state index contributed by atoms with van der Waals surface area (Å²) in [4.78, 5) is 11.0. The van der Waals surface area contributed by atoms with Crippen molar-refractivity contribution in [2.45, 2.75) is 18.2 Å². The van der Waals surface area contributed by atoms with E-state index in [1.54, 1.807) is 18.2 Å². The monoisotopic (exact) mass is 336 g/mol. The molecule has 0 radical (unpaired) electrons. The molecule has 0 spiro atoms. The van der Waals surface area contributed by atoms with E-state index in [0.717, 1.165) is 0 Å². The number of nitrogens with one attached hydrogen (secondary N) is 2. The van der Waals surface area contributed by atoms with E-state index in [1.807, 2.05) is 0 Å². The summed E-state index contributed by atoms with van der Waals surface area (Å²) >= 11 is 0. The van der Waals surface area contributed by atoms with Gasteiger partial charge >= 0.3 is 0 Å². The fraction of sp³-hybridized carbons (Fsp3) is 0.188. The number of hydrogen-bond acceptors (Lipinski definition) is 3. The highest BCUT2D eigenvalue weighted by molar-refractivity contribution is 7.89. The minimum atomic E-state index is -3.67. The largest absolute Gasteiger partial charge is 0.326 e. The molecule has 0 heterocycles. The number of halogens is 1. The molecule has 5 nitrogen and oxygen atoms in total. The summed E-state index contributed by atoms with van der Waals surface area (Å²) < 4.78 is 40.2. The highest BCUT2D eigenvalue weighted by Gasteiger charge is 2.13. The van der Waals surface area contributed by atoms with Gasteiger partial charge in [-0.15, -0.1) is 0 Å². The Morgan fingerprint density at radius 2 is 1.74 bits per heavy atom. The van der Waals surface area contributed by atoms with Crippen molar-refractivity contribution in [2.75, 3.05) is 11.9 Å². The highest BCUT2D eigenvalue weighted by Crippen LogP contribution is 2.14. The van der Waals surface area contributed by atoms with Crippen LogP contribution in [0.25, 0.3) is 0 Å². The van der Waals surface area contributed by atoms with E-state index >= 15 is 0 Å². The summed E-state index contributed by atoms with van der Waals surface area (Å²) in [6, 6.07) is 12.1. The molecular weight excluding hydrogens is 319 g/mol. The lowest BCUT2D eigenvalue weighted by Gasteiger charge is -2.08. The first kappa shape index (κ1) is 17.1. The van der Waals surface area contributed by atoms with Crippen LogP contribution in [0.5, 0.6) is 0 Å². The molecule has 0 aromatic heterocycles. The number of rotatable bonds is 6. The van der Waals surface area contributed by atoms with Crippen molar-refractivity contribution in [1.82, 2.24) is 4.72 Å². The van der Waals surface area contributed by atoms with Gasteiger partial charge in [0.25, 0.3) is 0 Å². The Morgan fingerprint density at radius 3 is 2.35 bits per heavy atom. The van der Waals surface area contributed by atoms with Gasteiger partial charge in [-0.25, -0.2) is 17.5 Å². The smallest absolute Gasteiger partial charge is 0.240 e. The summed E-state index contributed by atoms with van der Waals surface area (Å²) in [6.45, 7) is 1.46. The summed E-state index contributed by atoms with van der Waals surface area (Å²) in [5.74, 6) is -0.588. The van der Waals surface area contributed by atoms with Crippen LogP contribution in [0, 0.1) is 5.82 Å². The zero-order valence-electron chi connectivity index (χ0n) is 12.5. The van der Waals surface area contributed by atoms with E-state index in [4.69, 9.17) is 0 Å². The van der Waals surface area contributed by atoms with Crippen LogP contribution in [0.2, 0.25) is 0 Å². The second-order valence-electron chi connectivity index (χ2n) is 4.94. The summed E-state index contributed by atoms with van der Waals surface area (Å²) in [6.07, 6.45) is 0.260. The summed E-state index contributed by atoms with van der Waals surface area (Å²) in [5.41, 5.74) is 0.971. The first-order valence-corrected chi connectivity index (χ1v) is 8.47. The predicted octanol–water partition coefficient (Wildman–Crippen LogP) is 2.31. The van der Waals surface area contributed by atoms with Crippen molar-refractivity contribution in [3.05, 3.63) is 59.9 Å². The fourth-order valence-corrected chi connectivity index (χ4v) is 3.06. The lowest BCUT2D eigenvalue weighted by Crippen LogP contribution is -2.26. The van der Waals surface area contributed by atoms with Gasteiger partial charge in [-0.2, -0.15) is 0 Å². The van der Waals surface area contributed by atoms with Gasteiger partial charge in [0, 0.05) is 19.2 Å². The number of amides is 1. The SMILES string of the molecule is CC(=O)Nc1ccc(S(=O)(=O)NCCc2ccccc2F)cc1. The zero-order valence-corrected chi connectivity index (χ0v) is 13.4. The van der Waals surface area contributed by atoms with Crippen LogP contribution in [-0.4, -0.2) is 20.9 Å². The Bertz CT molecular complexity index is 789. The molecule has 0 atom stereocenters. The number of carbonyl (C=O) groups excluding carboxylic acids is 1. The van der Waals surface area contributed by atoms with E-state index < -0.39 is 10.0 Å². The molecule has 1 amide bonds. The second-order valence-corrected chi connectivity index (χ2v) is 6.71. The van der Waals surface area contributed by atoms with Crippen LogP contribution in [0.1, 0.15) is 12.5 Å². The molecule has 23 heavy (non-hydrogen) atoms. The van der Waals surface area contributed by atoms with Crippen LogP contribution in [0.15, 0.2) is 53.4 Å². The number of anilines is 1. The van der Waals surface area contributed by atoms with Gasteiger partial charge in [0.05, 0.1) is 4.90 Å². The molecule has 0 aliphatic rings. The van der Waals surface area contributed by atoms with E-state index in [9.17, 15) is 17.6 Å². The van der Waals surface area contributed by atoms with Crippen LogP contribution in [0.4, 0.5) is 10.1 Å². The van der Waals surface area contributed by atoms with Crippen molar-refractivity contribution in [1.29, 1.82) is 0 Å². The van der Waals surface area contributed by atoms with Gasteiger partial charge in [0.2, 0.25) is 15.9 Å². The molecule has 0 bridgehead atoms. The van der Waals surface area contributed by atoms with Gasteiger partial charge in [0.1, 0.15) is 5.82 Å². The maximum absolute atomic E-state index is 13.5. The third kappa shape index (κ3) is 4.87. The minimum absolute atomic E-state index is 0.0835. The topological polar surface area (TPSA) is 75.3 Å². The van der Waals surface area contributed by atoms with E-state index in [0.29, 0.717) is 11.3 Å². The lowest BCUT2D eigenvalue weighted by atomic mass is 10.1. The van der Waals surface area contributed by atoms with Gasteiger partial charge in [0.15, 0.2) is 0 Å². The molecule has 2 rings (SSSR count). The summed E-state index contributed by atoms with van der Waals surface area (Å²) in [7, 11) is -3.67. The zero-order chi connectivity index (χ0) is 16.9. The molecule has 0 aliphatic heterocycles. The average molecular weight is 336 g/mol. The molecule has 0 saturated heterocycles. The standard InChI is InChI=1S/C16H17FN2O3S/c1-12(20)19-14-6-8-15(9-7-14)23(21,22)18-11-10-13-4-2-3-5-16(13)17/h2-9,18H,10-11H2,1H3,(H,19,20). The predicted molar refractivity (Wildman–Crippen MR) is 86.0 cm³/mol. The Balaban J connectivity index is 1.99. The molecule has 0 fully saturated rings. The first-order chi connectivity index (χ1) is 10.9. The van der Waals surface area contributed by atoms with Crippen LogP contribution >= 0.6 is 0 Å². The van der Waals surface area contributed by atoms with Crippen molar-refractivity contribution < 1.29 is 17.6 Å². The van der Waals surface area contributed by atoms with Gasteiger partial charge in [-0.1, -0.05) is 18.2 Å². The number of hydrogen-bond donors (Lipinski definition) is 2. The maximum atomic E-state index is 13.5. The Kier molecular flexibility index (Phi) is 5.46. The maximum Gasteiger partial charge on any atom is 0.240 e. The number of sulfonamides is 1. The molecular formula is C16H17FN2O3S. The van der Waals surface area contributed by atoms with E-state index in [2.05, 4.69) is 10.0 Å². The van der Waals surface area contributed by atoms with Crippen LogP contribution in [-0.2, 0) is 21.2 Å². The molecule has 0 aliphatic carbocycles. The Hall–Kier alpha value is -2.25. The van der Waals surface area contributed by atoms with Crippen molar-refractivity contribution >= 4 is 21.6 Å². The molecule has 7 heteroatoms. The number of benzene rings is 2. The first-order valence-electron chi connectivity index (χ1n) is 6.99. The third-order valence-electron chi connectivity index (χ3n) is 3.13. The van der Waals surface area contributed by atoms with Crippen LogP contribution in [0.3, 0.4) is 0 Å². The van der Waals surface area contributed by atoms with Crippen LogP contribution < -0.4 is 10.0 Å². The fourth-order valence-electron chi connectivity index (χ4n) is 2.03. The lowest BCUT2D eigenvalue weighted by molar-refractivity contribution is -0.114. The Labute approximate surface area is 134 Å². The van der Waals surface area contributed by atoms with Crippen molar-refractivity contribution in [2.24, 2.45) is 0 Å². The molecule has 122 valence electrons. The summed E-state index contributed by atoms with van der Waals surface area (Å²) in [5, 5.41) is 2.56. The Morgan fingerprint density at radius 1 is 1.09 bits per heavy atom. The minimum Gasteiger partial charge on any atom is -0.326 e. The average Bonchev–Trinajstić information content (AvgIpc) is 2.49. The van der Waals surface area contributed by atoms with E-state index in [1.165, 1.54) is 37.3 Å². The van der Waals surface area contributed by atoms with Gasteiger partial charge < -0.3 is 5.32 Å². The molecule has 2 aromatic carbocycles. The normalized spacial score (nSPS) is 11.2. The molecule has 0 unspecified atom stereocenters. The number of carbonyl (C=O) groups is 1. The van der Waals surface area contributed by atoms with Crippen molar-refractivity contribution in [3.63, 3.8) is 0 Å². The van der Waals surface area contributed by atoms with Gasteiger partial charge in [-0.3, -0.25) is 4.79 Å². The second kappa shape index (κ2) is 7.34. The molecule has 2 aromatic rings. The molecule has 0 saturated carbocycles.